The van der Waals surface area contributed by atoms with Crippen LogP contribution in [-0.2, 0) is 17.9 Å². The Morgan fingerprint density at radius 1 is 1.00 bits per heavy atom. The van der Waals surface area contributed by atoms with Crippen molar-refractivity contribution < 1.29 is 19.1 Å². The van der Waals surface area contributed by atoms with Crippen molar-refractivity contribution in [3.63, 3.8) is 0 Å². The number of rotatable bonds is 7. The molecular weight excluding hydrogens is 608 g/mol. The molecule has 9 heteroatoms. The summed E-state index contributed by atoms with van der Waals surface area (Å²) >= 11 is 15.5. The van der Waals surface area contributed by atoms with Gasteiger partial charge in [-0.05, 0) is 75.8 Å². The van der Waals surface area contributed by atoms with Crippen molar-refractivity contribution in [3.8, 4) is 11.5 Å². The van der Waals surface area contributed by atoms with Gasteiger partial charge in [0.15, 0.2) is 11.5 Å². The average molecular weight is 626 g/mol. The second-order valence-corrected chi connectivity index (χ2v) is 10.2. The summed E-state index contributed by atoms with van der Waals surface area (Å²) in [5.74, 6) is 0.732. The van der Waals surface area contributed by atoms with Crippen LogP contribution in [0.4, 0.5) is 4.79 Å². The van der Waals surface area contributed by atoms with Gasteiger partial charge in [-0.15, -0.1) is 0 Å². The zero-order valence-corrected chi connectivity index (χ0v) is 22.4. The summed E-state index contributed by atoms with van der Waals surface area (Å²) in [5.41, 5.74) is 2.29. The molecule has 5 nitrogen and oxygen atoms in total. The summed E-state index contributed by atoms with van der Waals surface area (Å²) in [5, 5.41) is 0.801. The molecule has 0 bridgehead atoms. The van der Waals surface area contributed by atoms with E-state index in [0.717, 1.165) is 26.5 Å². The number of carbonyl (C=O) groups is 2. The smallest absolute Gasteiger partial charge is 0.293 e. The highest BCUT2D eigenvalue weighted by molar-refractivity contribution is 14.1. The number of imide groups is 1. The summed E-state index contributed by atoms with van der Waals surface area (Å²) in [6.07, 6.45) is 1.68. The molecule has 1 saturated heterocycles. The first kappa shape index (κ1) is 24.9. The van der Waals surface area contributed by atoms with Gasteiger partial charge >= 0.3 is 0 Å². The van der Waals surface area contributed by atoms with Crippen LogP contribution in [0.15, 0.2) is 65.6 Å². The van der Waals surface area contributed by atoms with Crippen molar-refractivity contribution in [2.45, 2.75) is 13.2 Å². The van der Waals surface area contributed by atoms with Crippen LogP contribution in [0.1, 0.15) is 16.7 Å². The molecule has 3 aromatic carbocycles. The predicted molar refractivity (Wildman–Crippen MR) is 144 cm³/mol. The number of amides is 2. The fourth-order valence-electron chi connectivity index (χ4n) is 3.31. The van der Waals surface area contributed by atoms with Crippen LogP contribution in [0, 0.1) is 3.57 Å². The Bertz CT molecular complexity index is 1300. The lowest BCUT2D eigenvalue weighted by molar-refractivity contribution is -0.123. The molecule has 1 heterocycles. The fraction of sp³-hybridized carbons (Fsp3) is 0.120. The first-order valence-electron chi connectivity index (χ1n) is 10.1. The Morgan fingerprint density at radius 3 is 2.29 bits per heavy atom. The zero-order valence-electron chi connectivity index (χ0n) is 17.9. The molecule has 1 fully saturated rings. The molecule has 0 saturated carbocycles. The number of benzene rings is 3. The lowest BCUT2D eigenvalue weighted by atomic mass is 10.1. The number of methoxy groups -OCH3 is 1. The summed E-state index contributed by atoms with van der Waals surface area (Å²) in [7, 11) is 1.55. The molecule has 1 aliphatic rings. The van der Waals surface area contributed by atoms with Gasteiger partial charge in [0.25, 0.3) is 11.1 Å². The largest absolute Gasteiger partial charge is 0.493 e. The second-order valence-electron chi connectivity index (χ2n) is 7.27. The van der Waals surface area contributed by atoms with E-state index in [9.17, 15) is 9.59 Å². The standard InChI is InChI=1S/C25H18Cl2INO4S/c1-32-21-11-15(10-20(28)23(21)33-14-17-7-3-5-9-19(17)27)12-22-24(30)29(25(31)34-22)13-16-6-2-4-8-18(16)26/h2-12H,13-14H2,1H3/b22-12+. The van der Waals surface area contributed by atoms with Gasteiger partial charge in [-0.1, -0.05) is 59.6 Å². The third kappa shape index (κ3) is 5.54. The Morgan fingerprint density at radius 2 is 1.65 bits per heavy atom. The molecule has 1 aliphatic heterocycles. The average Bonchev–Trinajstić information content (AvgIpc) is 3.07. The molecule has 3 aromatic rings. The van der Waals surface area contributed by atoms with Crippen LogP contribution >= 0.6 is 57.6 Å². The number of nitrogens with zero attached hydrogens (tertiary/aromatic N) is 1. The molecule has 0 aliphatic carbocycles. The Balaban J connectivity index is 1.55. The van der Waals surface area contributed by atoms with Gasteiger partial charge in [-0.3, -0.25) is 14.5 Å². The van der Waals surface area contributed by atoms with Gasteiger partial charge in [-0.25, -0.2) is 0 Å². The minimum absolute atomic E-state index is 0.122. The van der Waals surface area contributed by atoms with E-state index < -0.39 is 0 Å². The van der Waals surface area contributed by atoms with Crippen LogP contribution in [0.25, 0.3) is 6.08 Å². The topological polar surface area (TPSA) is 55.8 Å². The Hall–Kier alpha value is -2.20. The summed E-state index contributed by atoms with van der Waals surface area (Å²) in [6.45, 7) is 0.406. The van der Waals surface area contributed by atoms with E-state index >= 15 is 0 Å². The zero-order chi connectivity index (χ0) is 24.2. The van der Waals surface area contributed by atoms with Crippen molar-refractivity contribution >= 4 is 74.8 Å². The van der Waals surface area contributed by atoms with E-state index in [4.69, 9.17) is 32.7 Å². The molecule has 2 amide bonds. The van der Waals surface area contributed by atoms with Crippen molar-refractivity contribution in [2.75, 3.05) is 7.11 Å². The van der Waals surface area contributed by atoms with E-state index in [1.165, 1.54) is 4.90 Å². The highest BCUT2D eigenvalue weighted by atomic mass is 127. The van der Waals surface area contributed by atoms with Gasteiger partial charge in [0.05, 0.1) is 22.1 Å². The molecule has 174 valence electrons. The fourth-order valence-corrected chi connectivity index (χ4v) is 5.32. The van der Waals surface area contributed by atoms with Crippen molar-refractivity contribution in [1.29, 1.82) is 0 Å². The molecule has 0 radical (unpaired) electrons. The quantitative estimate of drug-likeness (QED) is 0.202. The third-order valence-electron chi connectivity index (χ3n) is 5.04. The number of carbonyl (C=O) groups excluding carboxylic acids is 2. The maximum Gasteiger partial charge on any atom is 0.293 e. The van der Waals surface area contributed by atoms with Gasteiger partial charge in [0.2, 0.25) is 0 Å². The van der Waals surface area contributed by atoms with E-state index in [0.29, 0.717) is 32.0 Å². The van der Waals surface area contributed by atoms with E-state index in [-0.39, 0.29) is 24.3 Å². The monoisotopic (exact) mass is 625 g/mol. The van der Waals surface area contributed by atoms with E-state index in [2.05, 4.69) is 22.6 Å². The summed E-state index contributed by atoms with van der Waals surface area (Å²) in [6, 6.07) is 18.3. The predicted octanol–water partition coefficient (Wildman–Crippen LogP) is 7.42. The van der Waals surface area contributed by atoms with Crippen molar-refractivity contribution in [3.05, 3.63) is 95.9 Å². The maximum absolute atomic E-state index is 12.9. The Kier molecular flexibility index (Phi) is 8.08. The van der Waals surface area contributed by atoms with Gasteiger partial charge in [-0.2, -0.15) is 0 Å². The molecule has 0 N–H and O–H groups in total. The van der Waals surface area contributed by atoms with Crippen LogP contribution in [0.2, 0.25) is 10.0 Å². The number of hydrogen-bond donors (Lipinski definition) is 0. The molecule has 34 heavy (non-hydrogen) atoms. The number of halogens is 3. The third-order valence-corrected chi connectivity index (χ3v) is 7.49. The normalized spacial score (nSPS) is 14.7. The molecule has 0 spiro atoms. The van der Waals surface area contributed by atoms with Crippen LogP contribution in [0.5, 0.6) is 11.5 Å². The van der Waals surface area contributed by atoms with Gasteiger partial charge in [0.1, 0.15) is 6.61 Å². The number of hydrogen-bond acceptors (Lipinski definition) is 5. The highest BCUT2D eigenvalue weighted by Gasteiger charge is 2.35. The van der Waals surface area contributed by atoms with Crippen molar-refractivity contribution in [1.82, 2.24) is 4.90 Å². The van der Waals surface area contributed by atoms with Crippen LogP contribution in [-0.4, -0.2) is 23.2 Å². The first-order valence-corrected chi connectivity index (χ1v) is 12.7. The minimum atomic E-state index is -0.358. The first-order chi connectivity index (χ1) is 16.4. The summed E-state index contributed by atoms with van der Waals surface area (Å²) < 4.78 is 12.3. The highest BCUT2D eigenvalue weighted by Crippen LogP contribution is 2.38. The second kappa shape index (κ2) is 11.0. The minimum Gasteiger partial charge on any atom is -0.493 e. The van der Waals surface area contributed by atoms with E-state index in [1.807, 2.05) is 36.4 Å². The lowest BCUT2D eigenvalue weighted by Gasteiger charge is -2.14. The van der Waals surface area contributed by atoms with Crippen LogP contribution < -0.4 is 9.47 Å². The molecular formula is C25H18Cl2INO4S. The number of ether oxygens (including phenoxy) is 2. The maximum atomic E-state index is 12.9. The number of thioether (sulfide) groups is 1. The molecule has 0 atom stereocenters. The van der Waals surface area contributed by atoms with Crippen molar-refractivity contribution in [2.24, 2.45) is 0 Å². The summed E-state index contributed by atoms with van der Waals surface area (Å²) in [4.78, 5) is 27.0. The Labute approximate surface area is 225 Å². The van der Waals surface area contributed by atoms with E-state index in [1.54, 1.807) is 37.5 Å². The molecule has 0 unspecified atom stereocenters. The molecule has 0 aromatic heterocycles. The molecule has 4 rings (SSSR count). The lowest BCUT2D eigenvalue weighted by Crippen LogP contribution is -2.27. The van der Waals surface area contributed by atoms with Gasteiger partial charge in [0, 0.05) is 15.6 Å². The van der Waals surface area contributed by atoms with Gasteiger partial charge < -0.3 is 9.47 Å². The van der Waals surface area contributed by atoms with Crippen LogP contribution in [0.3, 0.4) is 0 Å². The SMILES string of the molecule is COc1cc(/C=C2/SC(=O)N(Cc3ccccc3Cl)C2=O)cc(I)c1OCc1ccccc1Cl.